The average molecular weight is 237 g/mol. The summed E-state index contributed by atoms with van der Waals surface area (Å²) in [7, 11) is 0. The fourth-order valence-corrected chi connectivity index (χ4v) is 1.59. The molecule has 1 heterocycles. The normalized spacial score (nSPS) is 11.5. The molecule has 0 saturated carbocycles. The van der Waals surface area contributed by atoms with Gasteiger partial charge in [0.2, 0.25) is 5.91 Å². The van der Waals surface area contributed by atoms with Crippen molar-refractivity contribution in [3.05, 3.63) is 24.0 Å². The molecule has 4 nitrogen and oxygen atoms in total. The van der Waals surface area contributed by atoms with E-state index in [9.17, 15) is 4.79 Å². The highest BCUT2D eigenvalue weighted by Crippen LogP contribution is 2.02. The van der Waals surface area contributed by atoms with Crippen molar-refractivity contribution < 1.29 is 4.79 Å². The second-order valence-corrected chi connectivity index (χ2v) is 5.27. The van der Waals surface area contributed by atoms with Gasteiger partial charge in [0.25, 0.3) is 0 Å². The van der Waals surface area contributed by atoms with E-state index >= 15 is 0 Å². The zero-order valence-corrected chi connectivity index (χ0v) is 11.2. The average Bonchev–Trinajstić information content (AvgIpc) is 2.59. The number of hydrogen-bond donors (Lipinski definition) is 2. The van der Waals surface area contributed by atoms with Gasteiger partial charge in [0.1, 0.15) is 6.54 Å². The first-order valence-corrected chi connectivity index (χ1v) is 6.07. The summed E-state index contributed by atoms with van der Waals surface area (Å²) in [6.07, 6.45) is 3.94. The monoisotopic (exact) mass is 237 g/mol. The first kappa shape index (κ1) is 13.8. The number of nitrogens with zero attached hydrogens (tertiary/aromatic N) is 1. The van der Waals surface area contributed by atoms with Gasteiger partial charge < -0.3 is 15.2 Å². The third-order valence-electron chi connectivity index (χ3n) is 2.23. The van der Waals surface area contributed by atoms with E-state index < -0.39 is 0 Å². The van der Waals surface area contributed by atoms with Crippen LogP contribution < -0.4 is 10.6 Å². The van der Waals surface area contributed by atoms with Crippen molar-refractivity contribution in [1.29, 1.82) is 0 Å². The molecule has 0 aliphatic heterocycles. The van der Waals surface area contributed by atoms with Gasteiger partial charge in [-0.3, -0.25) is 4.79 Å². The Morgan fingerprint density at radius 1 is 1.41 bits per heavy atom. The van der Waals surface area contributed by atoms with Crippen LogP contribution in [-0.2, 0) is 17.9 Å². The summed E-state index contributed by atoms with van der Waals surface area (Å²) < 4.78 is 1.91. The molecule has 0 unspecified atom stereocenters. The van der Waals surface area contributed by atoms with Crippen LogP contribution in [0.5, 0.6) is 0 Å². The molecule has 96 valence electrons. The molecule has 0 aliphatic rings. The highest BCUT2D eigenvalue weighted by molar-refractivity contribution is 5.76. The molecule has 1 rings (SSSR count). The van der Waals surface area contributed by atoms with Crippen LogP contribution in [0.2, 0.25) is 0 Å². The van der Waals surface area contributed by atoms with Gasteiger partial charge in [0.15, 0.2) is 0 Å². The molecule has 0 saturated heterocycles. The Bertz CT molecular complexity index is 363. The minimum Gasteiger partial charge on any atom is -0.350 e. The van der Waals surface area contributed by atoms with Gasteiger partial charge in [-0.2, -0.15) is 0 Å². The first-order valence-electron chi connectivity index (χ1n) is 6.07. The predicted molar refractivity (Wildman–Crippen MR) is 69.7 cm³/mol. The molecule has 4 heteroatoms. The molecular formula is C13H23N3O. The van der Waals surface area contributed by atoms with Crippen molar-refractivity contribution in [3.63, 3.8) is 0 Å². The Labute approximate surface area is 103 Å². The smallest absolute Gasteiger partial charge is 0.240 e. The minimum atomic E-state index is -0.170. The first-order chi connectivity index (χ1) is 7.90. The van der Waals surface area contributed by atoms with Gasteiger partial charge in [-0.05, 0) is 38.9 Å². The van der Waals surface area contributed by atoms with Crippen molar-refractivity contribution in [1.82, 2.24) is 15.2 Å². The largest absolute Gasteiger partial charge is 0.350 e. The molecule has 1 aromatic rings. The number of nitrogens with one attached hydrogen (secondary N) is 2. The molecule has 2 N–H and O–H groups in total. The summed E-state index contributed by atoms with van der Waals surface area (Å²) in [5.41, 5.74) is 1.03. The van der Waals surface area contributed by atoms with Crippen LogP contribution in [0.1, 0.15) is 33.3 Å². The number of carbonyl (C=O) groups excluding carboxylic acids is 1. The van der Waals surface area contributed by atoms with Gasteiger partial charge in [0, 0.05) is 24.5 Å². The predicted octanol–water partition coefficient (Wildman–Crippen LogP) is 1.51. The second-order valence-electron chi connectivity index (χ2n) is 5.27. The van der Waals surface area contributed by atoms with Crippen molar-refractivity contribution in [2.75, 3.05) is 6.54 Å². The second kappa shape index (κ2) is 5.87. The summed E-state index contributed by atoms with van der Waals surface area (Å²) in [5.74, 6) is 0.0445. The van der Waals surface area contributed by atoms with E-state index in [2.05, 4.69) is 17.6 Å². The molecule has 1 aromatic heterocycles. The van der Waals surface area contributed by atoms with E-state index in [1.54, 1.807) is 0 Å². The van der Waals surface area contributed by atoms with Crippen molar-refractivity contribution >= 4 is 5.91 Å². The zero-order valence-electron chi connectivity index (χ0n) is 11.2. The lowest BCUT2D eigenvalue weighted by Crippen LogP contribution is -2.42. The van der Waals surface area contributed by atoms with Crippen LogP contribution in [-0.4, -0.2) is 22.6 Å². The lowest BCUT2D eigenvalue weighted by Gasteiger charge is -2.20. The lowest BCUT2D eigenvalue weighted by molar-refractivity contribution is -0.123. The van der Waals surface area contributed by atoms with Crippen molar-refractivity contribution in [2.24, 2.45) is 0 Å². The van der Waals surface area contributed by atoms with Crippen LogP contribution in [0.25, 0.3) is 0 Å². The maximum absolute atomic E-state index is 11.7. The molecule has 17 heavy (non-hydrogen) atoms. The van der Waals surface area contributed by atoms with Crippen LogP contribution in [0.15, 0.2) is 18.5 Å². The minimum absolute atomic E-state index is 0.0445. The number of aromatic nitrogens is 1. The standard InChI is InChI=1S/C13H23N3O/c1-5-14-8-11-6-7-16(9-11)10-12(17)15-13(2,3)4/h6-7,9,14H,5,8,10H2,1-4H3,(H,15,17). The van der Waals surface area contributed by atoms with E-state index in [0.29, 0.717) is 6.54 Å². The fraction of sp³-hybridized carbons (Fsp3) is 0.615. The Kier molecular flexibility index (Phi) is 4.75. The third-order valence-corrected chi connectivity index (χ3v) is 2.23. The Morgan fingerprint density at radius 3 is 2.71 bits per heavy atom. The highest BCUT2D eigenvalue weighted by atomic mass is 16.2. The van der Waals surface area contributed by atoms with Gasteiger partial charge >= 0.3 is 0 Å². The van der Waals surface area contributed by atoms with Gasteiger partial charge in [-0.1, -0.05) is 6.92 Å². The number of carbonyl (C=O) groups is 1. The fourth-order valence-electron chi connectivity index (χ4n) is 1.59. The van der Waals surface area contributed by atoms with Crippen LogP contribution >= 0.6 is 0 Å². The van der Waals surface area contributed by atoms with Gasteiger partial charge in [-0.25, -0.2) is 0 Å². The van der Waals surface area contributed by atoms with Crippen LogP contribution in [0, 0.1) is 0 Å². The topological polar surface area (TPSA) is 46.1 Å². The maximum atomic E-state index is 11.7. The number of hydrogen-bond acceptors (Lipinski definition) is 2. The molecule has 0 spiro atoms. The van der Waals surface area contributed by atoms with Crippen LogP contribution in [0.4, 0.5) is 0 Å². The third kappa shape index (κ3) is 5.54. The van der Waals surface area contributed by atoms with Crippen LogP contribution in [0.3, 0.4) is 0 Å². The van der Waals surface area contributed by atoms with E-state index in [4.69, 9.17) is 0 Å². The lowest BCUT2D eigenvalue weighted by atomic mass is 10.1. The molecule has 1 amide bonds. The zero-order chi connectivity index (χ0) is 12.9. The summed E-state index contributed by atoms with van der Waals surface area (Å²) in [5, 5.41) is 6.20. The molecule has 0 bridgehead atoms. The SMILES string of the molecule is CCNCc1ccn(CC(=O)NC(C)(C)C)c1. The summed E-state index contributed by atoms with van der Waals surface area (Å²) in [6, 6.07) is 2.03. The molecular weight excluding hydrogens is 214 g/mol. The maximum Gasteiger partial charge on any atom is 0.240 e. The molecule has 0 radical (unpaired) electrons. The quantitative estimate of drug-likeness (QED) is 0.815. The van der Waals surface area contributed by atoms with E-state index in [0.717, 1.165) is 13.1 Å². The summed E-state index contributed by atoms with van der Waals surface area (Å²) in [4.78, 5) is 11.7. The van der Waals surface area contributed by atoms with Gasteiger partial charge in [0.05, 0.1) is 0 Å². The van der Waals surface area contributed by atoms with Gasteiger partial charge in [-0.15, -0.1) is 0 Å². The summed E-state index contributed by atoms with van der Waals surface area (Å²) >= 11 is 0. The number of amides is 1. The van der Waals surface area contributed by atoms with E-state index in [1.807, 2.05) is 43.8 Å². The molecule has 0 fully saturated rings. The highest BCUT2D eigenvalue weighted by Gasteiger charge is 2.13. The van der Waals surface area contributed by atoms with Crippen molar-refractivity contribution in [3.8, 4) is 0 Å². The summed E-state index contributed by atoms with van der Waals surface area (Å²) in [6.45, 7) is 10.2. The Balaban J connectivity index is 2.46. The molecule has 0 atom stereocenters. The molecule has 0 aromatic carbocycles. The Hall–Kier alpha value is -1.29. The van der Waals surface area contributed by atoms with E-state index in [1.165, 1.54) is 5.56 Å². The molecule has 0 aliphatic carbocycles. The van der Waals surface area contributed by atoms with Crippen molar-refractivity contribution in [2.45, 2.75) is 46.3 Å². The number of rotatable bonds is 5. The Morgan fingerprint density at radius 2 is 2.12 bits per heavy atom. The van der Waals surface area contributed by atoms with E-state index in [-0.39, 0.29) is 11.4 Å².